The van der Waals surface area contributed by atoms with E-state index < -0.39 is 0 Å². The molecule has 1 N–H and O–H groups in total. The summed E-state index contributed by atoms with van der Waals surface area (Å²) < 4.78 is 2.05. The molecule has 23 heavy (non-hydrogen) atoms. The number of hydrogen-bond acceptors (Lipinski definition) is 8. The fraction of sp³-hybridized carbons (Fsp3) is 0.667. The molecule has 2 fully saturated rings. The van der Waals surface area contributed by atoms with Crippen LogP contribution in [0.15, 0.2) is 26.8 Å². The van der Waals surface area contributed by atoms with Crippen LogP contribution in [0.2, 0.25) is 0 Å². The minimum atomic E-state index is -0.110. The largest absolute Gasteiger partial charge is 0.356 e. The van der Waals surface area contributed by atoms with E-state index in [9.17, 15) is 0 Å². The molecule has 0 spiro atoms. The third-order valence-electron chi connectivity index (χ3n) is 4.62. The van der Waals surface area contributed by atoms with Crippen molar-refractivity contribution < 1.29 is 0 Å². The van der Waals surface area contributed by atoms with Gasteiger partial charge in [0.15, 0.2) is 5.84 Å². The van der Waals surface area contributed by atoms with E-state index in [-0.39, 0.29) is 6.29 Å². The minimum Gasteiger partial charge on any atom is -0.356 e. The third kappa shape index (κ3) is 2.90. The van der Waals surface area contributed by atoms with Crippen LogP contribution in [0.25, 0.3) is 0 Å². The van der Waals surface area contributed by atoms with E-state index in [4.69, 9.17) is 9.98 Å². The van der Waals surface area contributed by atoms with Crippen LogP contribution in [0.1, 0.15) is 12.8 Å². The molecule has 1 unspecified atom stereocenters. The van der Waals surface area contributed by atoms with Gasteiger partial charge in [0.2, 0.25) is 6.29 Å². The predicted molar refractivity (Wildman–Crippen MR) is 95.8 cm³/mol. The van der Waals surface area contributed by atoms with Crippen LogP contribution in [0.3, 0.4) is 0 Å². The van der Waals surface area contributed by atoms with Crippen LogP contribution < -0.4 is 5.32 Å². The second kappa shape index (κ2) is 6.62. The molecule has 124 valence electrons. The van der Waals surface area contributed by atoms with E-state index in [1.165, 1.54) is 12.8 Å². The zero-order chi connectivity index (χ0) is 15.6. The number of amidine groups is 2. The molecule has 0 amide bonds. The molecule has 4 aliphatic heterocycles. The summed E-state index contributed by atoms with van der Waals surface area (Å²) in [4.78, 5) is 19.1. The average Bonchev–Trinajstić information content (AvgIpc) is 3.15. The Morgan fingerprint density at radius 3 is 2.57 bits per heavy atom. The molecule has 2 saturated heterocycles. The molecule has 0 aromatic carbocycles. The van der Waals surface area contributed by atoms with E-state index in [0.29, 0.717) is 0 Å². The summed E-state index contributed by atoms with van der Waals surface area (Å²) in [6, 6.07) is 0. The molecular formula is C15H23N7S. The number of piperazine rings is 1. The van der Waals surface area contributed by atoms with Gasteiger partial charge < -0.3 is 10.2 Å². The Balaban J connectivity index is 1.68. The van der Waals surface area contributed by atoms with Gasteiger partial charge in [0.1, 0.15) is 12.2 Å². The quantitative estimate of drug-likeness (QED) is 0.750. The van der Waals surface area contributed by atoms with Gasteiger partial charge in [-0.05, 0) is 24.8 Å². The van der Waals surface area contributed by atoms with Crippen molar-refractivity contribution in [3.63, 3.8) is 0 Å². The lowest BCUT2D eigenvalue weighted by Crippen LogP contribution is -2.51. The van der Waals surface area contributed by atoms with Crippen molar-refractivity contribution in [1.29, 1.82) is 0 Å². The second-order valence-electron chi connectivity index (χ2n) is 6.05. The Bertz CT molecular complexity index is 570. The van der Waals surface area contributed by atoms with Crippen LogP contribution in [0.5, 0.6) is 0 Å². The van der Waals surface area contributed by atoms with E-state index in [1.807, 2.05) is 12.5 Å². The van der Waals surface area contributed by atoms with Crippen molar-refractivity contribution in [3.8, 4) is 0 Å². The summed E-state index contributed by atoms with van der Waals surface area (Å²) in [7, 11) is 0. The number of aliphatic imine (C=N–C) groups is 3. The summed E-state index contributed by atoms with van der Waals surface area (Å²) in [5, 5.41) is 3.40. The highest BCUT2D eigenvalue weighted by Crippen LogP contribution is 2.26. The Morgan fingerprint density at radius 2 is 1.83 bits per heavy atom. The van der Waals surface area contributed by atoms with Gasteiger partial charge in [-0.2, -0.15) is 0 Å². The molecule has 4 heterocycles. The topological polar surface area (TPSA) is 58.8 Å². The van der Waals surface area contributed by atoms with Crippen LogP contribution in [0.4, 0.5) is 0 Å². The van der Waals surface area contributed by atoms with Gasteiger partial charge in [0.05, 0.1) is 5.57 Å². The van der Waals surface area contributed by atoms with E-state index >= 15 is 0 Å². The number of nitrogens with zero attached hydrogens (tertiary/aromatic N) is 6. The molecule has 0 aromatic heterocycles. The summed E-state index contributed by atoms with van der Waals surface area (Å²) in [6.07, 6.45) is 8.18. The fourth-order valence-corrected chi connectivity index (χ4v) is 3.86. The first-order valence-corrected chi connectivity index (χ1v) is 9.48. The number of nitrogens with one attached hydrogen (secondary N) is 1. The molecule has 0 aliphatic carbocycles. The van der Waals surface area contributed by atoms with E-state index in [0.717, 1.165) is 56.5 Å². The normalized spacial score (nSPS) is 28.4. The van der Waals surface area contributed by atoms with Gasteiger partial charge in [-0.15, -0.1) is 0 Å². The number of likely N-dealkylation sites (tertiary alicyclic amines) is 1. The number of rotatable bonds is 2. The summed E-state index contributed by atoms with van der Waals surface area (Å²) >= 11 is 1.63. The van der Waals surface area contributed by atoms with Crippen LogP contribution in [-0.4, -0.2) is 83.9 Å². The van der Waals surface area contributed by atoms with Crippen LogP contribution in [0, 0.1) is 0 Å². The third-order valence-corrected chi connectivity index (χ3v) is 5.28. The molecule has 0 saturated carbocycles. The van der Waals surface area contributed by atoms with Gasteiger partial charge in [0, 0.05) is 51.7 Å². The molecule has 4 rings (SSSR count). The van der Waals surface area contributed by atoms with Crippen molar-refractivity contribution in [2.24, 2.45) is 15.0 Å². The Kier molecular flexibility index (Phi) is 4.37. The average molecular weight is 333 g/mol. The maximum Gasteiger partial charge on any atom is 0.200 e. The van der Waals surface area contributed by atoms with Crippen molar-refractivity contribution >= 4 is 30.0 Å². The lowest BCUT2D eigenvalue weighted by atomic mass is 10.1. The van der Waals surface area contributed by atoms with Crippen molar-refractivity contribution in [2.45, 2.75) is 19.1 Å². The molecule has 8 heteroatoms. The maximum atomic E-state index is 5.02. The summed E-state index contributed by atoms with van der Waals surface area (Å²) in [5.74, 6) is 2.07. The lowest BCUT2D eigenvalue weighted by molar-refractivity contribution is 0.181. The zero-order valence-corrected chi connectivity index (χ0v) is 14.3. The fourth-order valence-electron chi connectivity index (χ4n) is 3.39. The molecule has 0 radical (unpaired) electrons. The van der Waals surface area contributed by atoms with Gasteiger partial charge in [0.25, 0.3) is 0 Å². The van der Waals surface area contributed by atoms with Crippen LogP contribution in [-0.2, 0) is 0 Å². The Labute approximate surface area is 141 Å². The van der Waals surface area contributed by atoms with E-state index in [1.54, 1.807) is 11.9 Å². The van der Waals surface area contributed by atoms with E-state index in [2.05, 4.69) is 30.7 Å². The van der Waals surface area contributed by atoms with Gasteiger partial charge in [-0.3, -0.25) is 9.21 Å². The molecule has 0 aromatic rings. The first-order chi connectivity index (χ1) is 11.4. The lowest BCUT2D eigenvalue weighted by Gasteiger charge is -2.37. The van der Waals surface area contributed by atoms with Crippen molar-refractivity contribution in [2.75, 3.05) is 45.5 Å². The highest BCUT2D eigenvalue weighted by molar-refractivity contribution is 7.97. The molecule has 0 bridgehead atoms. The molecule has 4 aliphatic rings. The monoisotopic (exact) mass is 333 g/mol. The highest BCUT2D eigenvalue weighted by Gasteiger charge is 2.34. The summed E-state index contributed by atoms with van der Waals surface area (Å²) in [6.45, 7) is 6.16. The van der Waals surface area contributed by atoms with Crippen LogP contribution >= 0.6 is 11.9 Å². The molecule has 1 atom stereocenters. The van der Waals surface area contributed by atoms with Crippen molar-refractivity contribution in [1.82, 2.24) is 19.4 Å². The molecule has 7 nitrogen and oxygen atoms in total. The minimum absolute atomic E-state index is 0.110. The smallest absolute Gasteiger partial charge is 0.200 e. The molecular weight excluding hydrogens is 310 g/mol. The standard InChI is InChI=1S/C15H23N7S/c1-23-22-11-17-10-12-13(20-6-2-3-7-20)18-15(19-14(12)22)21-8-4-16-5-9-21/h10-11,15-16H,2-9H2,1H3. The van der Waals surface area contributed by atoms with Gasteiger partial charge >= 0.3 is 0 Å². The number of hydrogen-bond donors (Lipinski definition) is 1. The second-order valence-corrected chi connectivity index (χ2v) is 6.81. The first-order valence-electron chi connectivity index (χ1n) is 8.30. The number of fused-ring (bicyclic) bond motifs is 1. The Morgan fingerprint density at radius 1 is 1.09 bits per heavy atom. The van der Waals surface area contributed by atoms with Crippen molar-refractivity contribution in [3.05, 3.63) is 11.8 Å². The predicted octanol–water partition coefficient (Wildman–Crippen LogP) is 0.587. The maximum absolute atomic E-state index is 5.02. The summed E-state index contributed by atoms with van der Waals surface area (Å²) in [5.41, 5.74) is 1.06. The Hall–Kier alpha value is -1.38. The highest BCUT2D eigenvalue weighted by atomic mass is 32.2. The zero-order valence-electron chi connectivity index (χ0n) is 13.5. The SMILES string of the molecule is CSN1C=NC=C2C(N3CCCC3)=NC(N3CCNCC3)N=C21. The van der Waals surface area contributed by atoms with Gasteiger partial charge in [-0.1, -0.05) is 0 Å². The first kappa shape index (κ1) is 15.2. The van der Waals surface area contributed by atoms with Gasteiger partial charge in [-0.25, -0.2) is 15.0 Å².